The molecule has 1 saturated carbocycles. The number of urea groups is 1. The van der Waals surface area contributed by atoms with Crippen LogP contribution < -0.4 is 5.32 Å². The number of likely N-dealkylation sites (N-methyl/N-ethyl adjacent to an activating group) is 1. The molecule has 2 amide bonds. The number of hydrogen-bond donors (Lipinski definition) is 2. The van der Waals surface area contributed by atoms with Crippen molar-refractivity contribution in [3.63, 3.8) is 0 Å². The highest BCUT2D eigenvalue weighted by atomic mass is 16.3. The first-order chi connectivity index (χ1) is 10.7. The molecule has 22 heavy (non-hydrogen) atoms. The van der Waals surface area contributed by atoms with Crippen molar-refractivity contribution in [3.8, 4) is 0 Å². The lowest BCUT2D eigenvalue weighted by Gasteiger charge is -2.31. The Balaban J connectivity index is 1.95. The molecule has 4 heteroatoms. The topological polar surface area (TPSA) is 52.6 Å². The third-order valence-corrected chi connectivity index (χ3v) is 4.74. The number of hydrogen-bond acceptors (Lipinski definition) is 2. The van der Waals surface area contributed by atoms with Crippen molar-refractivity contribution < 1.29 is 9.90 Å². The third-order valence-electron chi connectivity index (χ3n) is 4.74. The molecule has 1 aromatic carbocycles. The number of aliphatic hydroxyl groups excluding tert-OH is 1. The van der Waals surface area contributed by atoms with Crippen LogP contribution in [0.1, 0.15) is 38.2 Å². The first kappa shape index (κ1) is 16.8. The number of benzene rings is 1. The van der Waals surface area contributed by atoms with Gasteiger partial charge in [-0.15, -0.1) is 0 Å². The molecular weight excluding hydrogens is 276 g/mol. The molecule has 0 aliphatic heterocycles. The Hall–Kier alpha value is -1.55. The van der Waals surface area contributed by atoms with Gasteiger partial charge in [-0.25, -0.2) is 4.79 Å². The first-order valence-electron chi connectivity index (χ1n) is 8.37. The number of amides is 2. The van der Waals surface area contributed by atoms with E-state index in [2.05, 4.69) is 29.6 Å². The van der Waals surface area contributed by atoms with E-state index in [1.165, 1.54) is 31.2 Å². The Labute approximate surface area is 133 Å². The van der Waals surface area contributed by atoms with Crippen molar-refractivity contribution in [2.24, 2.45) is 5.41 Å². The molecule has 0 atom stereocenters. The van der Waals surface area contributed by atoms with E-state index in [1.54, 1.807) is 4.90 Å². The van der Waals surface area contributed by atoms with Gasteiger partial charge in [0, 0.05) is 19.6 Å². The van der Waals surface area contributed by atoms with Crippen LogP contribution in [0.5, 0.6) is 0 Å². The maximum Gasteiger partial charge on any atom is 0.317 e. The molecule has 122 valence electrons. The van der Waals surface area contributed by atoms with Gasteiger partial charge < -0.3 is 15.3 Å². The molecule has 0 aromatic heterocycles. The van der Waals surface area contributed by atoms with Gasteiger partial charge >= 0.3 is 6.03 Å². The van der Waals surface area contributed by atoms with Crippen molar-refractivity contribution in [2.75, 3.05) is 26.2 Å². The molecule has 0 radical (unpaired) electrons. The zero-order valence-corrected chi connectivity index (χ0v) is 13.6. The molecule has 2 N–H and O–H groups in total. The molecule has 0 saturated heterocycles. The Bertz CT molecular complexity index is 455. The van der Waals surface area contributed by atoms with E-state index in [0.29, 0.717) is 13.1 Å². The summed E-state index contributed by atoms with van der Waals surface area (Å²) in [5.41, 5.74) is 1.54. The molecule has 0 unspecified atom stereocenters. The summed E-state index contributed by atoms with van der Waals surface area (Å²) in [6.45, 7) is 3.69. The Morgan fingerprint density at radius 3 is 2.55 bits per heavy atom. The van der Waals surface area contributed by atoms with Crippen LogP contribution in [0, 0.1) is 5.41 Å². The lowest BCUT2D eigenvalue weighted by molar-refractivity contribution is 0.173. The fourth-order valence-electron chi connectivity index (χ4n) is 3.47. The van der Waals surface area contributed by atoms with Crippen molar-refractivity contribution in [1.82, 2.24) is 10.2 Å². The molecular formula is C18H28N2O2. The van der Waals surface area contributed by atoms with Crippen LogP contribution in [0.3, 0.4) is 0 Å². The highest BCUT2D eigenvalue weighted by molar-refractivity contribution is 5.74. The molecule has 4 nitrogen and oxygen atoms in total. The van der Waals surface area contributed by atoms with Crippen LogP contribution in [-0.4, -0.2) is 42.3 Å². The summed E-state index contributed by atoms with van der Waals surface area (Å²) in [5.74, 6) is 0. The van der Waals surface area contributed by atoms with E-state index in [-0.39, 0.29) is 18.1 Å². The molecule has 1 aliphatic rings. The second kappa shape index (κ2) is 8.18. The fraction of sp³-hybridized carbons (Fsp3) is 0.611. The molecule has 1 aliphatic carbocycles. The van der Waals surface area contributed by atoms with Crippen molar-refractivity contribution in [3.05, 3.63) is 35.9 Å². The number of nitrogens with zero attached hydrogens (tertiary/aromatic N) is 1. The highest BCUT2D eigenvalue weighted by Crippen LogP contribution is 2.40. The fourth-order valence-corrected chi connectivity index (χ4v) is 3.47. The summed E-state index contributed by atoms with van der Waals surface area (Å²) in [4.78, 5) is 13.9. The molecule has 0 heterocycles. The Kier molecular flexibility index (Phi) is 6.25. The van der Waals surface area contributed by atoms with E-state index < -0.39 is 0 Å². The second-order valence-electron chi connectivity index (χ2n) is 6.33. The largest absolute Gasteiger partial charge is 0.395 e. The SMILES string of the molecule is CCN(CCO)C(=O)NCC1(Cc2ccccc2)CCCC1. The second-order valence-corrected chi connectivity index (χ2v) is 6.33. The summed E-state index contributed by atoms with van der Waals surface area (Å²) in [7, 11) is 0. The third kappa shape index (κ3) is 4.47. The number of nitrogens with one attached hydrogen (secondary N) is 1. The van der Waals surface area contributed by atoms with E-state index in [1.807, 2.05) is 13.0 Å². The van der Waals surface area contributed by atoms with Gasteiger partial charge in [0.15, 0.2) is 0 Å². The lowest BCUT2D eigenvalue weighted by atomic mass is 9.80. The van der Waals surface area contributed by atoms with Gasteiger partial charge in [0.1, 0.15) is 0 Å². The van der Waals surface area contributed by atoms with Crippen LogP contribution in [0.4, 0.5) is 4.79 Å². The average molecular weight is 304 g/mol. The van der Waals surface area contributed by atoms with Gasteiger partial charge in [0.2, 0.25) is 0 Å². The maximum atomic E-state index is 12.2. The van der Waals surface area contributed by atoms with Gasteiger partial charge in [-0.3, -0.25) is 0 Å². The zero-order valence-electron chi connectivity index (χ0n) is 13.6. The highest BCUT2D eigenvalue weighted by Gasteiger charge is 2.34. The summed E-state index contributed by atoms with van der Waals surface area (Å²) in [6, 6.07) is 10.5. The first-order valence-corrected chi connectivity index (χ1v) is 8.37. The van der Waals surface area contributed by atoms with Crippen LogP contribution >= 0.6 is 0 Å². The summed E-state index contributed by atoms with van der Waals surface area (Å²) in [6.07, 6.45) is 5.87. The minimum Gasteiger partial charge on any atom is -0.395 e. The molecule has 2 rings (SSSR count). The van der Waals surface area contributed by atoms with Crippen LogP contribution in [-0.2, 0) is 6.42 Å². The number of carbonyl (C=O) groups is 1. The van der Waals surface area contributed by atoms with Crippen molar-refractivity contribution >= 4 is 6.03 Å². The minimum atomic E-state index is -0.0594. The molecule has 0 spiro atoms. The zero-order chi connectivity index (χ0) is 15.8. The summed E-state index contributed by atoms with van der Waals surface area (Å²) < 4.78 is 0. The van der Waals surface area contributed by atoms with E-state index in [9.17, 15) is 4.79 Å². The number of aliphatic hydroxyl groups is 1. The Morgan fingerprint density at radius 2 is 1.95 bits per heavy atom. The van der Waals surface area contributed by atoms with Crippen LogP contribution in [0.15, 0.2) is 30.3 Å². The summed E-state index contributed by atoms with van der Waals surface area (Å²) in [5, 5.41) is 12.1. The smallest absolute Gasteiger partial charge is 0.317 e. The molecule has 0 bridgehead atoms. The van der Waals surface area contributed by atoms with Crippen molar-refractivity contribution in [2.45, 2.75) is 39.0 Å². The van der Waals surface area contributed by atoms with E-state index in [4.69, 9.17) is 5.11 Å². The van der Waals surface area contributed by atoms with Gasteiger partial charge in [-0.05, 0) is 37.2 Å². The standard InChI is InChI=1S/C18H28N2O2/c1-2-20(12-13-21)17(22)19-15-18(10-6-7-11-18)14-16-8-4-3-5-9-16/h3-5,8-9,21H,2,6-7,10-15H2,1H3,(H,19,22). The predicted octanol–water partition coefficient (Wildman–Crippen LogP) is 2.81. The predicted molar refractivity (Wildman–Crippen MR) is 88.8 cm³/mol. The lowest BCUT2D eigenvalue weighted by Crippen LogP contribution is -2.45. The van der Waals surface area contributed by atoms with Gasteiger partial charge in [-0.2, -0.15) is 0 Å². The molecule has 1 fully saturated rings. The van der Waals surface area contributed by atoms with E-state index >= 15 is 0 Å². The monoisotopic (exact) mass is 304 g/mol. The van der Waals surface area contributed by atoms with Crippen LogP contribution in [0.2, 0.25) is 0 Å². The van der Waals surface area contributed by atoms with Crippen LogP contribution in [0.25, 0.3) is 0 Å². The minimum absolute atomic E-state index is 0.0103. The Morgan fingerprint density at radius 1 is 1.27 bits per heavy atom. The molecule has 1 aromatic rings. The van der Waals surface area contributed by atoms with Gasteiger partial charge in [0.25, 0.3) is 0 Å². The average Bonchev–Trinajstić information content (AvgIpc) is 3.00. The summed E-state index contributed by atoms with van der Waals surface area (Å²) >= 11 is 0. The maximum absolute atomic E-state index is 12.2. The normalized spacial score (nSPS) is 16.5. The number of carbonyl (C=O) groups excluding carboxylic acids is 1. The number of rotatable bonds is 7. The van der Waals surface area contributed by atoms with Crippen molar-refractivity contribution in [1.29, 1.82) is 0 Å². The van der Waals surface area contributed by atoms with E-state index in [0.717, 1.165) is 13.0 Å². The van der Waals surface area contributed by atoms with Gasteiger partial charge in [0.05, 0.1) is 6.61 Å². The van der Waals surface area contributed by atoms with Gasteiger partial charge in [-0.1, -0.05) is 43.2 Å². The quantitative estimate of drug-likeness (QED) is 0.814.